The molecule has 0 aliphatic heterocycles. The number of benzene rings is 1. The Labute approximate surface area is 149 Å². The lowest BCUT2D eigenvalue weighted by molar-refractivity contribution is 0.283. The Kier molecular flexibility index (Phi) is 4.03. The first-order chi connectivity index (χ1) is 12.0. The third kappa shape index (κ3) is 3.04. The zero-order valence-electron chi connectivity index (χ0n) is 14.5. The van der Waals surface area contributed by atoms with E-state index in [9.17, 15) is 8.42 Å². The van der Waals surface area contributed by atoms with Gasteiger partial charge >= 0.3 is 0 Å². The fraction of sp³-hybridized carbons (Fsp3) is 0.381. The summed E-state index contributed by atoms with van der Waals surface area (Å²) in [5.74, 6) is 0.362. The average Bonchev–Trinajstić information content (AvgIpc) is 3.23. The first-order valence-electron chi connectivity index (χ1n) is 8.90. The van der Waals surface area contributed by atoms with Gasteiger partial charge in [-0.3, -0.25) is 4.98 Å². The maximum atomic E-state index is 11.7. The summed E-state index contributed by atoms with van der Waals surface area (Å²) in [4.78, 5) is 5.01. The summed E-state index contributed by atoms with van der Waals surface area (Å²) in [5.41, 5.74) is 3.92. The van der Waals surface area contributed by atoms with Gasteiger partial charge in [0.15, 0.2) is 9.84 Å². The molecule has 1 saturated carbocycles. The van der Waals surface area contributed by atoms with E-state index in [4.69, 9.17) is 0 Å². The van der Waals surface area contributed by atoms with Crippen LogP contribution < -0.4 is 0 Å². The monoisotopic (exact) mass is 353 g/mol. The number of allylic oxidation sites excluding steroid dienone is 2. The molecule has 2 aliphatic carbocycles. The third-order valence-corrected chi connectivity index (χ3v) is 6.96. The quantitative estimate of drug-likeness (QED) is 0.809. The van der Waals surface area contributed by atoms with Crippen molar-refractivity contribution < 1.29 is 8.42 Å². The van der Waals surface area contributed by atoms with Crippen molar-refractivity contribution in [3.63, 3.8) is 0 Å². The van der Waals surface area contributed by atoms with Crippen molar-refractivity contribution in [3.8, 4) is 0 Å². The molecule has 2 aliphatic rings. The number of pyridine rings is 1. The Bertz CT molecular complexity index is 893. The molecule has 1 atom stereocenters. The summed E-state index contributed by atoms with van der Waals surface area (Å²) in [7, 11) is -3.15. The van der Waals surface area contributed by atoms with Crippen molar-refractivity contribution in [1.29, 1.82) is 0 Å². The molecule has 0 saturated heterocycles. The molecule has 1 fully saturated rings. The average molecular weight is 353 g/mol. The SMILES string of the molecule is CS(=O)(=O)c1ccc(C2=CC(c3ccccn3)C3(CCCC3)C2)cc1. The lowest BCUT2D eigenvalue weighted by Crippen LogP contribution is -2.21. The van der Waals surface area contributed by atoms with Crippen molar-refractivity contribution in [2.45, 2.75) is 42.9 Å². The van der Waals surface area contributed by atoms with E-state index in [0.717, 1.165) is 17.7 Å². The molecule has 1 unspecified atom stereocenters. The Hall–Kier alpha value is -1.94. The molecule has 1 aromatic carbocycles. The fourth-order valence-corrected chi connectivity index (χ4v) is 5.20. The van der Waals surface area contributed by atoms with Crippen LogP contribution in [-0.4, -0.2) is 19.7 Å². The van der Waals surface area contributed by atoms with E-state index in [2.05, 4.69) is 23.2 Å². The van der Waals surface area contributed by atoms with E-state index >= 15 is 0 Å². The van der Waals surface area contributed by atoms with Gasteiger partial charge in [-0.25, -0.2) is 8.42 Å². The third-order valence-electron chi connectivity index (χ3n) is 5.83. The molecule has 1 heterocycles. The molecule has 4 heteroatoms. The highest BCUT2D eigenvalue weighted by Crippen LogP contribution is 2.58. The zero-order chi connectivity index (χ0) is 17.5. The molecule has 4 rings (SSSR count). The minimum absolute atomic E-state index is 0.291. The van der Waals surface area contributed by atoms with Gasteiger partial charge in [-0.05, 0) is 60.1 Å². The highest BCUT2D eigenvalue weighted by molar-refractivity contribution is 7.90. The van der Waals surface area contributed by atoms with E-state index in [1.54, 1.807) is 12.1 Å². The second-order valence-corrected chi connectivity index (χ2v) is 9.48. The zero-order valence-corrected chi connectivity index (χ0v) is 15.3. The predicted octanol–water partition coefficient (Wildman–Crippen LogP) is 4.62. The summed E-state index contributed by atoms with van der Waals surface area (Å²) in [5, 5.41) is 0. The molecule has 1 aromatic heterocycles. The highest BCUT2D eigenvalue weighted by atomic mass is 32.2. The molecule has 1 spiro atoms. The minimum atomic E-state index is -3.15. The Morgan fingerprint density at radius 1 is 1.04 bits per heavy atom. The molecule has 25 heavy (non-hydrogen) atoms. The molecular weight excluding hydrogens is 330 g/mol. The second kappa shape index (κ2) is 6.10. The van der Waals surface area contributed by atoms with Gasteiger partial charge < -0.3 is 0 Å². The molecule has 0 bridgehead atoms. The summed E-state index contributed by atoms with van der Waals surface area (Å²) in [6.07, 6.45) is 11.6. The van der Waals surface area contributed by atoms with Crippen LogP contribution in [0.4, 0.5) is 0 Å². The van der Waals surface area contributed by atoms with Crippen LogP contribution >= 0.6 is 0 Å². The molecule has 130 valence electrons. The maximum absolute atomic E-state index is 11.7. The number of sulfone groups is 1. The summed E-state index contributed by atoms with van der Waals surface area (Å²) in [6.45, 7) is 0. The Balaban J connectivity index is 1.71. The summed E-state index contributed by atoms with van der Waals surface area (Å²) >= 11 is 0. The van der Waals surface area contributed by atoms with E-state index in [-0.39, 0.29) is 0 Å². The fourth-order valence-electron chi connectivity index (χ4n) is 4.57. The van der Waals surface area contributed by atoms with Crippen LogP contribution in [0.15, 0.2) is 59.6 Å². The van der Waals surface area contributed by atoms with E-state index in [0.29, 0.717) is 16.2 Å². The number of rotatable bonds is 3. The summed E-state index contributed by atoms with van der Waals surface area (Å²) in [6, 6.07) is 13.5. The largest absolute Gasteiger partial charge is 0.261 e. The Morgan fingerprint density at radius 2 is 1.76 bits per heavy atom. The van der Waals surface area contributed by atoms with Crippen molar-refractivity contribution in [2.75, 3.05) is 6.26 Å². The normalized spacial score (nSPS) is 22.3. The van der Waals surface area contributed by atoms with Crippen LogP contribution in [0.1, 0.15) is 49.3 Å². The van der Waals surface area contributed by atoms with Gasteiger partial charge in [-0.15, -0.1) is 0 Å². The highest BCUT2D eigenvalue weighted by Gasteiger charge is 2.45. The van der Waals surface area contributed by atoms with Gasteiger partial charge in [0.05, 0.1) is 4.90 Å². The Morgan fingerprint density at radius 3 is 2.36 bits per heavy atom. The maximum Gasteiger partial charge on any atom is 0.175 e. The summed E-state index contributed by atoms with van der Waals surface area (Å²) < 4.78 is 23.4. The predicted molar refractivity (Wildman–Crippen MR) is 100 cm³/mol. The van der Waals surface area contributed by atoms with Crippen LogP contribution in [0, 0.1) is 5.41 Å². The van der Waals surface area contributed by atoms with Crippen LogP contribution in [0.5, 0.6) is 0 Å². The van der Waals surface area contributed by atoms with E-state index in [1.165, 1.54) is 37.5 Å². The molecule has 0 amide bonds. The van der Waals surface area contributed by atoms with Crippen molar-refractivity contribution in [1.82, 2.24) is 4.98 Å². The first kappa shape index (κ1) is 16.5. The standard InChI is InChI=1S/C21H23NO2S/c1-25(23,24)18-9-7-16(8-10-18)17-14-19(20-6-2-5-13-22-20)21(15-17)11-3-4-12-21/h2,5-10,13-14,19H,3-4,11-12,15H2,1H3. The molecule has 0 N–H and O–H groups in total. The lowest BCUT2D eigenvalue weighted by atomic mass is 9.73. The van der Waals surface area contributed by atoms with Gasteiger partial charge in [0.2, 0.25) is 0 Å². The molecular formula is C21H23NO2S. The van der Waals surface area contributed by atoms with Gasteiger partial charge in [0.1, 0.15) is 0 Å². The van der Waals surface area contributed by atoms with Crippen molar-refractivity contribution in [3.05, 3.63) is 66.0 Å². The van der Waals surface area contributed by atoms with Crippen LogP contribution in [-0.2, 0) is 9.84 Å². The lowest BCUT2D eigenvalue weighted by Gasteiger charge is -2.31. The molecule has 0 radical (unpaired) electrons. The van der Waals surface area contributed by atoms with Crippen LogP contribution in [0.25, 0.3) is 5.57 Å². The van der Waals surface area contributed by atoms with Crippen molar-refractivity contribution in [2.24, 2.45) is 5.41 Å². The number of hydrogen-bond acceptors (Lipinski definition) is 3. The van der Waals surface area contributed by atoms with Gasteiger partial charge in [0, 0.05) is 24.1 Å². The number of nitrogens with zero attached hydrogens (tertiary/aromatic N) is 1. The van der Waals surface area contributed by atoms with Gasteiger partial charge in [-0.2, -0.15) is 0 Å². The molecule has 2 aromatic rings. The molecule has 3 nitrogen and oxygen atoms in total. The first-order valence-corrected chi connectivity index (χ1v) is 10.8. The van der Waals surface area contributed by atoms with Crippen LogP contribution in [0.2, 0.25) is 0 Å². The second-order valence-electron chi connectivity index (χ2n) is 7.47. The smallest absolute Gasteiger partial charge is 0.175 e. The van der Waals surface area contributed by atoms with Crippen LogP contribution in [0.3, 0.4) is 0 Å². The topological polar surface area (TPSA) is 47.0 Å². The number of hydrogen-bond donors (Lipinski definition) is 0. The van der Waals surface area contributed by atoms with E-state index in [1.807, 2.05) is 24.4 Å². The minimum Gasteiger partial charge on any atom is -0.261 e. The van der Waals surface area contributed by atoms with Gasteiger partial charge in [0.25, 0.3) is 0 Å². The van der Waals surface area contributed by atoms with Crippen molar-refractivity contribution >= 4 is 15.4 Å². The van der Waals surface area contributed by atoms with E-state index < -0.39 is 9.84 Å². The number of aromatic nitrogens is 1. The van der Waals surface area contributed by atoms with Gasteiger partial charge in [-0.1, -0.05) is 37.1 Å².